The molecule has 1 unspecified atom stereocenters. The van der Waals surface area contributed by atoms with Crippen LogP contribution < -0.4 is 0 Å². The third-order valence-corrected chi connectivity index (χ3v) is 4.17. The van der Waals surface area contributed by atoms with Crippen LogP contribution in [-0.2, 0) is 21.4 Å². The predicted octanol–water partition coefficient (Wildman–Crippen LogP) is 1.24. The first kappa shape index (κ1) is 12.5. The zero-order valence-corrected chi connectivity index (χ0v) is 10.7. The Bertz CT molecular complexity index is 458. The van der Waals surface area contributed by atoms with Crippen LogP contribution in [0.3, 0.4) is 0 Å². The van der Waals surface area contributed by atoms with Gasteiger partial charge in [0.05, 0.1) is 19.0 Å². The Hall–Kier alpha value is -0.910. The molecule has 0 amide bonds. The van der Waals surface area contributed by atoms with E-state index in [-0.39, 0.29) is 6.10 Å². The second-order valence-electron chi connectivity index (χ2n) is 4.33. The van der Waals surface area contributed by atoms with Gasteiger partial charge in [0, 0.05) is 13.1 Å². The van der Waals surface area contributed by atoms with Crippen molar-refractivity contribution in [2.75, 3.05) is 19.3 Å². The van der Waals surface area contributed by atoms with E-state index in [2.05, 4.69) is 0 Å². The van der Waals surface area contributed by atoms with Gasteiger partial charge in [-0.1, -0.05) is 30.3 Å². The molecule has 94 valence electrons. The Balaban J connectivity index is 1.83. The SMILES string of the molecule is CS(=O)(=O)N1CCC(OCc2ccccc2)C1. The molecule has 1 aliphatic heterocycles. The van der Waals surface area contributed by atoms with Crippen molar-refractivity contribution < 1.29 is 13.2 Å². The van der Waals surface area contributed by atoms with Gasteiger partial charge in [-0.2, -0.15) is 4.31 Å². The minimum absolute atomic E-state index is 0.0185. The van der Waals surface area contributed by atoms with Crippen molar-refractivity contribution >= 4 is 10.0 Å². The van der Waals surface area contributed by atoms with Crippen LogP contribution in [0.2, 0.25) is 0 Å². The molecule has 0 bridgehead atoms. The highest BCUT2D eigenvalue weighted by Gasteiger charge is 2.28. The zero-order chi connectivity index (χ0) is 12.3. The molecule has 0 N–H and O–H groups in total. The molecule has 1 aliphatic rings. The van der Waals surface area contributed by atoms with Crippen molar-refractivity contribution in [3.63, 3.8) is 0 Å². The number of hydrogen-bond donors (Lipinski definition) is 0. The molecular formula is C12H17NO3S. The largest absolute Gasteiger partial charge is 0.372 e. The predicted molar refractivity (Wildman–Crippen MR) is 66.1 cm³/mol. The first-order valence-corrected chi connectivity index (χ1v) is 7.51. The first-order chi connectivity index (χ1) is 8.05. The van der Waals surface area contributed by atoms with E-state index in [0.717, 1.165) is 12.0 Å². The molecule has 0 spiro atoms. The van der Waals surface area contributed by atoms with Gasteiger partial charge in [0.1, 0.15) is 0 Å². The Labute approximate surface area is 102 Å². The summed E-state index contributed by atoms with van der Waals surface area (Å²) >= 11 is 0. The van der Waals surface area contributed by atoms with Gasteiger partial charge in [0.2, 0.25) is 10.0 Å². The first-order valence-electron chi connectivity index (χ1n) is 5.66. The number of nitrogens with zero attached hydrogens (tertiary/aromatic N) is 1. The third kappa shape index (κ3) is 3.52. The van der Waals surface area contributed by atoms with Crippen LogP contribution >= 0.6 is 0 Å². The summed E-state index contributed by atoms with van der Waals surface area (Å²) in [7, 11) is -3.07. The summed E-state index contributed by atoms with van der Waals surface area (Å²) in [5.41, 5.74) is 1.12. The molecule has 1 aromatic rings. The van der Waals surface area contributed by atoms with Crippen LogP contribution in [0.4, 0.5) is 0 Å². The van der Waals surface area contributed by atoms with Crippen molar-refractivity contribution in [3.05, 3.63) is 35.9 Å². The lowest BCUT2D eigenvalue weighted by molar-refractivity contribution is 0.0509. The Morgan fingerprint density at radius 3 is 2.65 bits per heavy atom. The summed E-state index contributed by atoms with van der Waals surface area (Å²) in [5, 5.41) is 0. The summed E-state index contributed by atoms with van der Waals surface area (Å²) in [6, 6.07) is 9.91. The Morgan fingerprint density at radius 2 is 2.06 bits per heavy atom. The molecule has 1 saturated heterocycles. The molecule has 0 saturated carbocycles. The van der Waals surface area contributed by atoms with Crippen molar-refractivity contribution in [1.82, 2.24) is 4.31 Å². The second-order valence-corrected chi connectivity index (χ2v) is 6.31. The second kappa shape index (κ2) is 5.16. The molecule has 1 atom stereocenters. The molecule has 0 radical (unpaired) electrons. The normalized spacial score (nSPS) is 21.8. The summed E-state index contributed by atoms with van der Waals surface area (Å²) in [6.07, 6.45) is 2.04. The van der Waals surface area contributed by atoms with Gasteiger partial charge in [-0.25, -0.2) is 8.42 Å². The van der Waals surface area contributed by atoms with Crippen molar-refractivity contribution in [3.8, 4) is 0 Å². The average molecular weight is 255 g/mol. The summed E-state index contributed by atoms with van der Waals surface area (Å²) < 4.78 is 29.8. The molecule has 4 nitrogen and oxygen atoms in total. The van der Waals surface area contributed by atoms with E-state index in [4.69, 9.17) is 4.74 Å². The number of hydrogen-bond acceptors (Lipinski definition) is 3. The fourth-order valence-corrected chi connectivity index (χ4v) is 2.80. The molecule has 1 aromatic carbocycles. The van der Waals surface area contributed by atoms with Gasteiger partial charge in [-0.05, 0) is 12.0 Å². The molecule has 17 heavy (non-hydrogen) atoms. The van der Waals surface area contributed by atoms with Crippen LogP contribution in [0.1, 0.15) is 12.0 Å². The molecule has 5 heteroatoms. The summed E-state index contributed by atoms with van der Waals surface area (Å²) in [6.45, 7) is 1.59. The number of rotatable bonds is 4. The highest BCUT2D eigenvalue weighted by molar-refractivity contribution is 7.88. The van der Waals surface area contributed by atoms with Gasteiger partial charge in [-0.3, -0.25) is 0 Å². The fourth-order valence-electron chi connectivity index (χ4n) is 1.92. The maximum Gasteiger partial charge on any atom is 0.211 e. The lowest BCUT2D eigenvalue weighted by Crippen LogP contribution is -2.29. The van der Waals surface area contributed by atoms with Crippen LogP contribution in [-0.4, -0.2) is 38.2 Å². The average Bonchev–Trinajstić information content (AvgIpc) is 2.76. The van der Waals surface area contributed by atoms with Crippen molar-refractivity contribution in [2.45, 2.75) is 19.1 Å². The monoisotopic (exact) mass is 255 g/mol. The van der Waals surface area contributed by atoms with E-state index in [1.165, 1.54) is 10.6 Å². The Kier molecular flexibility index (Phi) is 3.81. The topological polar surface area (TPSA) is 46.6 Å². The van der Waals surface area contributed by atoms with Gasteiger partial charge >= 0.3 is 0 Å². The van der Waals surface area contributed by atoms with E-state index in [0.29, 0.717) is 19.7 Å². The summed E-state index contributed by atoms with van der Waals surface area (Å²) in [5.74, 6) is 0. The number of ether oxygens (including phenoxy) is 1. The highest BCUT2D eigenvalue weighted by atomic mass is 32.2. The number of sulfonamides is 1. The van der Waals surface area contributed by atoms with Crippen LogP contribution in [0.25, 0.3) is 0 Å². The molecule has 0 aliphatic carbocycles. The van der Waals surface area contributed by atoms with Crippen LogP contribution in [0.15, 0.2) is 30.3 Å². The maximum absolute atomic E-state index is 11.3. The molecule has 1 fully saturated rings. The minimum atomic E-state index is -3.07. The fraction of sp³-hybridized carbons (Fsp3) is 0.500. The molecule has 2 rings (SSSR count). The molecule has 1 heterocycles. The minimum Gasteiger partial charge on any atom is -0.372 e. The van der Waals surface area contributed by atoms with Crippen LogP contribution in [0.5, 0.6) is 0 Å². The van der Waals surface area contributed by atoms with E-state index in [1.807, 2.05) is 30.3 Å². The molecule has 0 aromatic heterocycles. The highest BCUT2D eigenvalue weighted by Crippen LogP contribution is 2.16. The van der Waals surface area contributed by atoms with Gasteiger partial charge in [-0.15, -0.1) is 0 Å². The van der Waals surface area contributed by atoms with Crippen LogP contribution in [0, 0.1) is 0 Å². The summed E-state index contributed by atoms with van der Waals surface area (Å²) in [4.78, 5) is 0. The maximum atomic E-state index is 11.3. The number of benzene rings is 1. The smallest absolute Gasteiger partial charge is 0.211 e. The van der Waals surface area contributed by atoms with E-state index in [1.54, 1.807) is 0 Å². The third-order valence-electron chi connectivity index (χ3n) is 2.91. The lowest BCUT2D eigenvalue weighted by atomic mass is 10.2. The van der Waals surface area contributed by atoms with Gasteiger partial charge in [0.25, 0.3) is 0 Å². The Morgan fingerprint density at radius 1 is 1.35 bits per heavy atom. The quantitative estimate of drug-likeness (QED) is 0.813. The van der Waals surface area contributed by atoms with E-state index in [9.17, 15) is 8.42 Å². The van der Waals surface area contributed by atoms with E-state index >= 15 is 0 Å². The lowest BCUT2D eigenvalue weighted by Gasteiger charge is -2.14. The zero-order valence-electron chi connectivity index (χ0n) is 9.87. The van der Waals surface area contributed by atoms with Crippen molar-refractivity contribution in [1.29, 1.82) is 0 Å². The van der Waals surface area contributed by atoms with Gasteiger partial charge < -0.3 is 4.74 Å². The van der Waals surface area contributed by atoms with E-state index < -0.39 is 10.0 Å². The molecular weight excluding hydrogens is 238 g/mol. The standard InChI is InChI=1S/C12H17NO3S/c1-17(14,15)13-8-7-12(9-13)16-10-11-5-3-2-4-6-11/h2-6,12H,7-10H2,1H3. The van der Waals surface area contributed by atoms with Crippen molar-refractivity contribution in [2.24, 2.45) is 0 Å². The van der Waals surface area contributed by atoms with Gasteiger partial charge in [0.15, 0.2) is 0 Å².